The third-order valence-electron chi connectivity index (χ3n) is 2.58. The summed E-state index contributed by atoms with van der Waals surface area (Å²) in [5.74, 6) is -0.776. The Balaban J connectivity index is 3.03. The first-order chi connectivity index (χ1) is 6.14. The fourth-order valence-corrected chi connectivity index (χ4v) is 1.90. The van der Waals surface area contributed by atoms with E-state index in [-0.39, 0.29) is 17.4 Å². The smallest absolute Gasteiger partial charge is 0.205 e. The molecule has 1 aliphatic carbocycles. The quantitative estimate of drug-likeness (QED) is 0.696. The van der Waals surface area contributed by atoms with Gasteiger partial charge in [0.1, 0.15) is 5.60 Å². The van der Waals surface area contributed by atoms with Gasteiger partial charge in [0.05, 0.1) is 10.6 Å². The van der Waals surface area contributed by atoms with Crippen LogP contribution in [0, 0.1) is 5.92 Å². The minimum atomic E-state index is -1.46. The Morgan fingerprint density at radius 3 is 2.50 bits per heavy atom. The Hall–Kier alpha value is -0.380. The molecule has 2 atom stereocenters. The van der Waals surface area contributed by atoms with Crippen molar-refractivity contribution < 1.29 is 15.0 Å². The van der Waals surface area contributed by atoms with Gasteiger partial charge in [0.15, 0.2) is 0 Å². The maximum absolute atomic E-state index is 11.4. The number of rotatable bonds is 1. The highest BCUT2D eigenvalue weighted by atomic mass is 35.5. The number of carbonyl (C=O) groups excluding carboxylic acids is 1. The predicted molar refractivity (Wildman–Crippen MR) is 54.0 cm³/mol. The maximum atomic E-state index is 11.4. The zero-order chi connectivity index (χ0) is 11.1. The van der Waals surface area contributed by atoms with E-state index in [9.17, 15) is 15.0 Å². The number of aliphatic hydroxyl groups is 2. The molecule has 0 bridgehead atoms. The molecule has 0 aromatic carbocycles. The Bertz CT molecular complexity index is 286. The first kappa shape index (κ1) is 11.7. The monoisotopic (exact) mass is 218 g/mol. The van der Waals surface area contributed by atoms with E-state index in [1.54, 1.807) is 13.8 Å². The van der Waals surface area contributed by atoms with Gasteiger partial charge in [0, 0.05) is 5.92 Å². The van der Waals surface area contributed by atoms with E-state index in [1.165, 1.54) is 13.0 Å². The Kier molecular flexibility index (Phi) is 2.78. The zero-order valence-corrected chi connectivity index (χ0v) is 9.30. The molecule has 0 aromatic rings. The first-order valence-electron chi connectivity index (χ1n) is 4.51. The van der Waals surface area contributed by atoms with Gasteiger partial charge in [-0.15, -0.1) is 0 Å². The predicted octanol–water partition coefficient (Wildman–Crippen LogP) is 1.22. The lowest BCUT2D eigenvalue weighted by atomic mass is 9.76. The van der Waals surface area contributed by atoms with E-state index in [1.807, 2.05) is 0 Å². The SMILES string of the molecule is CC1(O)CC(C(C)(C)O)C=C(Cl)C1=O. The van der Waals surface area contributed by atoms with Gasteiger partial charge in [0.25, 0.3) is 0 Å². The molecule has 14 heavy (non-hydrogen) atoms. The molecule has 0 amide bonds. The second-order valence-electron chi connectivity index (χ2n) is 4.58. The van der Waals surface area contributed by atoms with Gasteiger partial charge in [-0.2, -0.15) is 0 Å². The molecule has 0 saturated heterocycles. The fourth-order valence-electron chi connectivity index (χ4n) is 1.54. The van der Waals surface area contributed by atoms with Gasteiger partial charge in [-0.25, -0.2) is 0 Å². The molecule has 3 nitrogen and oxygen atoms in total. The van der Waals surface area contributed by atoms with Gasteiger partial charge in [0.2, 0.25) is 5.78 Å². The molecule has 2 N–H and O–H groups in total. The van der Waals surface area contributed by atoms with Crippen molar-refractivity contribution >= 4 is 17.4 Å². The second-order valence-corrected chi connectivity index (χ2v) is 4.99. The second kappa shape index (κ2) is 3.33. The number of halogens is 1. The summed E-state index contributed by atoms with van der Waals surface area (Å²) in [5.41, 5.74) is -2.44. The number of hydrogen-bond donors (Lipinski definition) is 2. The van der Waals surface area contributed by atoms with Crippen LogP contribution in [-0.4, -0.2) is 27.2 Å². The van der Waals surface area contributed by atoms with Crippen LogP contribution in [0.1, 0.15) is 27.2 Å². The van der Waals surface area contributed by atoms with Crippen LogP contribution in [0.2, 0.25) is 0 Å². The van der Waals surface area contributed by atoms with Crippen molar-refractivity contribution in [2.45, 2.75) is 38.4 Å². The number of Topliss-reactive ketones (excluding diaryl/α,β-unsaturated/α-hetero) is 1. The van der Waals surface area contributed by atoms with Crippen molar-refractivity contribution in [3.8, 4) is 0 Å². The van der Waals surface area contributed by atoms with Gasteiger partial charge < -0.3 is 10.2 Å². The minimum absolute atomic E-state index is 0.00775. The molecule has 0 fully saturated rings. The van der Waals surface area contributed by atoms with Crippen LogP contribution >= 0.6 is 11.6 Å². The fraction of sp³-hybridized carbons (Fsp3) is 0.700. The van der Waals surface area contributed by atoms with E-state index in [0.717, 1.165) is 0 Å². The molecule has 0 spiro atoms. The summed E-state index contributed by atoms with van der Waals surface area (Å²) < 4.78 is 0. The van der Waals surface area contributed by atoms with E-state index in [4.69, 9.17) is 11.6 Å². The summed E-state index contributed by atoms with van der Waals surface area (Å²) in [6, 6.07) is 0. The summed E-state index contributed by atoms with van der Waals surface area (Å²) in [6.07, 6.45) is 1.72. The van der Waals surface area contributed by atoms with Crippen LogP contribution in [0.5, 0.6) is 0 Å². The van der Waals surface area contributed by atoms with E-state index in [2.05, 4.69) is 0 Å². The third kappa shape index (κ3) is 2.16. The highest BCUT2D eigenvalue weighted by Gasteiger charge is 2.42. The summed E-state index contributed by atoms with van der Waals surface area (Å²) in [4.78, 5) is 11.4. The minimum Gasteiger partial charge on any atom is -0.390 e. The molecular formula is C10H15ClO3. The molecule has 80 valence electrons. The lowest BCUT2D eigenvalue weighted by Gasteiger charge is -2.36. The van der Waals surface area contributed by atoms with Gasteiger partial charge in [-0.05, 0) is 27.2 Å². The van der Waals surface area contributed by atoms with Crippen molar-refractivity contribution in [2.24, 2.45) is 5.92 Å². The van der Waals surface area contributed by atoms with Crippen LogP contribution in [-0.2, 0) is 4.79 Å². The molecule has 1 rings (SSSR count). The van der Waals surface area contributed by atoms with Crippen LogP contribution in [0.25, 0.3) is 0 Å². The average Bonchev–Trinajstić information content (AvgIpc) is 1.97. The maximum Gasteiger partial charge on any atom is 0.205 e. The van der Waals surface area contributed by atoms with E-state index < -0.39 is 17.0 Å². The zero-order valence-electron chi connectivity index (χ0n) is 8.54. The van der Waals surface area contributed by atoms with Crippen molar-refractivity contribution in [1.29, 1.82) is 0 Å². The standard InChI is InChI=1S/C10H15ClO3/c1-9(2,13)6-4-7(11)8(12)10(3,14)5-6/h4,6,13-14H,5H2,1-3H3. The van der Waals surface area contributed by atoms with Crippen LogP contribution in [0.4, 0.5) is 0 Å². The third-order valence-corrected chi connectivity index (χ3v) is 2.88. The van der Waals surface area contributed by atoms with Gasteiger partial charge >= 0.3 is 0 Å². The molecule has 4 heteroatoms. The lowest BCUT2D eigenvalue weighted by Crippen LogP contribution is -2.45. The summed E-state index contributed by atoms with van der Waals surface area (Å²) in [7, 11) is 0. The van der Waals surface area contributed by atoms with Gasteiger partial charge in [-0.3, -0.25) is 4.79 Å². The Morgan fingerprint density at radius 1 is 1.64 bits per heavy atom. The summed E-state index contributed by atoms with van der Waals surface area (Å²) in [5, 5.41) is 19.5. The summed E-state index contributed by atoms with van der Waals surface area (Å²) in [6.45, 7) is 4.68. The Morgan fingerprint density at radius 2 is 2.14 bits per heavy atom. The van der Waals surface area contributed by atoms with E-state index >= 15 is 0 Å². The highest BCUT2D eigenvalue weighted by Crippen LogP contribution is 2.35. The van der Waals surface area contributed by atoms with Crippen LogP contribution < -0.4 is 0 Å². The van der Waals surface area contributed by atoms with Crippen molar-refractivity contribution in [3.05, 3.63) is 11.1 Å². The highest BCUT2D eigenvalue weighted by molar-refractivity contribution is 6.43. The molecule has 0 saturated carbocycles. The average molecular weight is 219 g/mol. The molecule has 0 heterocycles. The normalized spacial score (nSPS) is 34.3. The number of hydrogen-bond acceptors (Lipinski definition) is 3. The van der Waals surface area contributed by atoms with Gasteiger partial charge in [-0.1, -0.05) is 17.7 Å². The molecule has 0 aliphatic heterocycles. The molecule has 0 radical (unpaired) electrons. The van der Waals surface area contributed by atoms with E-state index in [0.29, 0.717) is 0 Å². The molecular weight excluding hydrogens is 204 g/mol. The number of carbonyl (C=O) groups is 1. The van der Waals surface area contributed by atoms with Crippen molar-refractivity contribution in [1.82, 2.24) is 0 Å². The van der Waals surface area contributed by atoms with Crippen molar-refractivity contribution in [2.75, 3.05) is 0 Å². The van der Waals surface area contributed by atoms with Crippen LogP contribution in [0.3, 0.4) is 0 Å². The van der Waals surface area contributed by atoms with Crippen molar-refractivity contribution in [3.63, 3.8) is 0 Å². The molecule has 2 unspecified atom stereocenters. The number of ketones is 1. The Labute approximate surface area is 88.4 Å². The first-order valence-corrected chi connectivity index (χ1v) is 4.89. The lowest BCUT2D eigenvalue weighted by molar-refractivity contribution is -0.135. The topological polar surface area (TPSA) is 57.5 Å². The summed E-state index contributed by atoms with van der Waals surface area (Å²) >= 11 is 5.69. The molecule has 1 aliphatic rings. The largest absolute Gasteiger partial charge is 0.390 e. The molecule has 0 aromatic heterocycles. The van der Waals surface area contributed by atoms with Crippen LogP contribution in [0.15, 0.2) is 11.1 Å².